The van der Waals surface area contributed by atoms with Crippen molar-refractivity contribution in [2.75, 3.05) is 6.54 Å². The minimum Gasteiger partial charge on any atom is -0.404 e. The Kier molecular flexibility index (Phi) is 5.17. The molecular weight excluding hydrogens is 383 g/mol. The lowest BCUT2D eigenvalue weighted by Crippen LogP contribution is -2.27. The molecule has 0 spiro atoms. The number of hydrogen-bond donors (Lipinski definition) is 2. The molecule has 3 rings (SSSR count). The number of sulfonamides is 1. The number of nitrogens with zero attached hydrogens (tertiary/aromatic N) is 1. The summed E-state index contributed by atoms with van der Waals surface area (Å²) >= 11 is 0. The fourth-order valence-electron chi connectivity index (χ4n) is 2.53. The van der Waals surface area contributed by atoms with Crippen molar-refractivity contribution in [1.29, 1.82) is 5.26 Å². The van der Waals surface area contributed by atoms with E-state index in [4.69, 9.17) is 5.26 Å². The van der Waals surface area contributed by atoms with Gasteiger partial charge in [-0.05, 0) is 43.0 Å². The van der Waals surface area contributed by atoms with E-state index >= 15 is 0 Å². The summed E-state index contributed by atoms with van der Waals surface area (Å²) in [4.78, 5) is 2.33. The quantitative estimate of drug-likeness (QED) is 0.747. The van der Waals surface area contributed by atoms with Crippen molar-refractivity contribution in [2.24, 2.45) is 5.92 Å². The zero-order valence-electron chi connectivity index (χ0n) is 14.0. The summed E-state index contributed by atoms with van der Waals surface area (Å²) < 4.78 is 69.5. The Morgan fingerprint density at radius 1 is 1.26 bits per heavy atom. The highest BCUT2D eigenvalue weighted by molar-refractivity contribution is 7.89. The molecule has 6 nitrogen and oxygen atoms in total. The zero-order chi connectivity index (χ0) is 19.7. The molecule has 0 bridgehead atoms. The second-order valence-corrected chi connectivity index (χ2v) is 7.97. The normalized spacial score (nSPS) is 14.7. The number of nitrogens with one attached hydrogen (secondary N) is 2. The van der Waals surface area contributed by atoms with E-state index < -0.39 is 27.0 Å². The topological polar surface area (TPSA) is 95.0 Å². The molecule has 0 saturated heterocycles. The maximum absolute atomic E-state index is 12.8. The molecule has 0 unspecified atom stereocenters. The predicted octanol–water partition coefficient (Wildman–Crippen LogP) is 3.33. The minimum atomic E-state index is -5.04. The van der Waals surface area contributed by atoms with Gasteiger partial charge in [0.15, 0.2) is 0 Å². The van der Waals surface area contributed by atoms with Gasteiger partial charge in [0.05, 0.1) is 12.5 Å². The second kappa shape index (κ2) is 7.25. The van der Waals surface area contributed by atoms with Crippen LogP contribution in [0.5, 0.6) is 5.75 Å². The first-order valence-electron chi connectivity index (χ1n) is 8.12. The van der Waals surface area contributed by atoms with Crippen LogP contribution in [0.25, 0.3) is 11.3 Å². The van der Waals surface area contributed by atoms with Gasteiger partial charge in [-0.3, -0.25) is 0 Å². The third kappa shape index (κ3) is 5.02. The molecule has 2 N–H and O–H groups in total. The van der Waals surface area contributed by atoms with Crippen LogP contribution in [0, 0.1) is 17.2 Å². The van der Waals surface area contributed by atoms with Gasteiger partial charge in [-0.1, -0.05) is 6.07 Å². The van der Waals surface area contributed by atoms with Gasteiger partial charge in [-0.2, -0.15) is 5.26 Å². The highest BCUT2D eigenvalue weighted by atomic mass is 32.2. The van der Waals surface area contributed by atoms with Gasteiger partial charge in [0.2, 0.25) is 10.0 Å². The lowest BCUT2D eigenvalue weighted by atomic mass is 10.1. The van der Waals surface area contributed by atoms with E-state index in [-0.39, 0.29) is 18.9 Å². The summed E-state index contributed by atoms with van der Waals surface area (Å²) in [6.45, 7) is 0.184. The average molecular weight is 399 g/mol. The number of ether oxygens (including phenoxy) is 1. The number of aromatic amines is 1. The number of rotatable bonds is 7. The van der Waals surface area contributed by atoms with Crippen LogP contribution >= 0.6 is 0 Å². The first kappa shape index (κ1) is 19.3. The largest absolute Gasteiger partial charge is 0.573 e. The molecule has 0 atom stereocenters. The van der Waals surface area contributed by atoms with Gasteiger partial charge in [-0.25, -0.2) is 13.1 Å². The number of halogens is 3. The maximum Gasteiger partial charge on any atom is 0.573 e. The number of benzene rings is 1. The monoisotopic (exact) mass is 399 g/mol. The molecular formula is C17H16F3N3O3S. The molecule has 1 aromatic heterocycles. The molecule has 0 aliphatic heterocycles. The van der Waals surface area contributed by atoms with Crippen LogP contribution in [-0.2, 0) is 16.4 Å². The number of alkyl halides is 3. The van der Waals surface area contributed by atoms with Gasteiger partial charge in [0.1, 0.15) is 10.6 Å². The molecule has 27 heavy (non-hydrogen) atoms. The third-order valence-corrected chi connectivity index (χ3v) is 5.51. The molecule has 144 valence electrons. The minimum absolute atomic E-state index is 0.115. The van der Waals surface area contributed by atoms with E-state index in [2.05, 4.69) is 14.4 Å². The van der Waals surface area contributed by atoms with Crippen molar-refractivity contribution in [3.8, 4) is 23.1 Å². The average Bonchev–Trinajstić information content (AvgIpc) is 3.29. The van der Waals surface area contributed by atoms with Crippen LogP contribution in [0.2, 0.25) is 0 Å². The Labute approximate surface area is 154 Å². The SMILES string of the molecule is N#CCc1ccc(-c2ccc(S(=O)(=O)NCC3CC3)c(OC(F)(F)F)c2)[nH]1. The standard InChI is InChI=1S/C17H16F3N3O3S/c18-17(19,20)26-15-9-12(14-5-4-13(23-14)7-8-21)3-6-16(15)27(24,25)22-10-11-1-2-11/h3-6,9,11,22-23H,1-2,7,10H2. The fourth-order valence-corrected chi connectivity index (χ4v) is 3.75. The van der Waals surface area contributed by atoms with E-state index in [0.717, 1.165) is 25.0 Å². The Hall–Kier alpha value is -2.51. The molecule has 10 heteroatoms. The van der Waals surface area contributed by atoms with Crippen molar-refractivity contribution in [3.05, 3.63) is 36.0 Å². The van der Waals surface area contributed by atoms with Crippen LogP contribution in [0.15, 0.2) is 35.2 Å². The van der Waals surface area contributed by atoms with Gasteiger partial charge in [-0.15, -0.1) is 13.2 Å². The molecule has 1 aliphatic rings. The zero-order valence-corrected chi connectivity index (χ0v) is 14.8. The predicted molar refractivity (Wildman–Crippen MR) is 90.1 cm³/mol. The first-order chi connectivity index (χ1) is 12.7. The highest BCUT2D eigenvalue weighted by Crippen LogP contribution is 2.34. The summed E-state index contributed by atoms with van der Waals surface area (Å²) in [6, 6.07) is 8.66. The molecule has 2 aromatic rings. The van der Waals surface area contributed by atoms with Crippen LogP contribution in [0.4, 0.5) is 13.2 Å². The van der Waals surface area contributed by atoms with Crippen LogP contribution in [-0.4, -0.2) is 26.3 Å². The Morgan fingerprint density at radius 2 is 2.00 bits per heavy atom. The maximum atomic E-state index is 12.8. The molecule has 1 saturated carbocycles. The van der Waals surface area contributed by atoms with Gasteiger partial charge in [0.25, 0.3) is 0 Å². The Morgan fingerprint density at radius 3 is 2.63 bits per heavy atom. The highest BCUT2D eigenvalue weighted by Gasteiger charge is 2.35. The lowest BCUT2D eigenvalue weighted by Gasteiger charge is -2.15. The Bertz CT molecular complexity index is 973. The van der Waals surface area contributed by atoms with E-state index in [1.807, 2.05) is 6.07 Å². The van der Waals surface area contributed by atoms with Gasteiger partial charge in [0, 0.05) is 23.5 Å². The van der Waals surface area contributed by atoms with Crippen molar-refractivity contribution in [2.45, 2.75) is 30.5 Å². The summed E-state index contributed by atoms with van der Waals surface area (Å²) in [5.74, 6) is -0.580. The molecule has 1 heterocycles. The Balaban J connectivity index is 1.96. The van der Waals surface area contributed by atoms with Crippen LogP contribution in [0.3, 0.4) is 0 Å². The van der Waals surface area contributed by atoms with Crippen molar-refractivity contribution < 1.29 is 26.3 Å². The van der Waals surface area contributed by atoms with Gasteiger partial charge < -0.3 is 9.72 Å². The summed E-state index contributed by atoms with van der Waals surface area (Å²) in [6.07, 6.45) is -3.14. The van der Waals surface area contributed by atoms with Crippen LogP contribution < -0.4 is 9.46 Å². The molecule has 0 amide bonds. The molecule has 1 aliphatic carbocycles. The van der Waals surface area contributed by atoms with Crippen molar-refractivity contribution >= 4 is 10.0 Å². The lowest BCUT2D eigenvalue weighted by molar-refractivity contribution is -0.275. The summed E-state index contributed by atoms with van der Waals surface area (Å²) in [5, 5.41) is 8.70. The number of nitriles is 1. The number of hydrogen-bond acceptors (Lipinski definition) is 4. The third-order valence-electron chi connectivity index (χ3n) is 4.04. The summed E-state index contributed by atoms with van der Waals surface area (Å²) in [5.41, 5.74) is 1.34. The summed E-state index contributed by atoms with van der Waals surface area (Å²) in [7, 11) is -4.15. The van der Waals surface area contributed by atoms with Gasteiger partial charge >= 0.3 is 6.36 Å². The van der Waals surface area contributed by atoms with E-state index in [0.29, 0.717) is 17.0 Å². The molecule has 1 fully saturated rings. The van der Waals surface area contributed by atoms with Crippen molar-refractivity contribution in [1.82, 2.24) is 9.71 Å². The smallest absolute Gasteiger partial charge is 0.404 e. The van der Waals surface area contributed by atoms with Crippen molar-refractivity contribution in [3.63, 3.8) is 0 Å². The molecule has 1 aromatic carbocycles. The molecule has 0 radical (unpaired) electrons. The second-order valence-electron chi connectivity index (χ2n) is 6.24. The van der Waals surface area contributed by atoms with E-state index in [1.54, 1.807) is 12.1 Å². The van der Waals surface area contributed by atoms with Crippen LogP contribution in [0.1, 0.15) is 18.5 Å². The van der Waals surface area contributed by atoms with E-state index in [1.165, 1.54) is 6.07 Å². The number of aromatic nitrogens is 1. The first-order valence-corrected chi connectivity index (χ1v) is 9.61. The van der Waals surface area contributed by atoms with E-state index in [9.17, 15) is 21.6 Å². The number of H-pyrrole nitrogens is 1. The fraction of sp³-hybridized carbons (Fsp3) is 0.353.